The van der Waals surface area contributed by atoms with Crippen LogP contribution in [-0.4, -0.2) is 31.5 Å². The third kappa shape index (κ3) is 2.46. The van der Waals surface area contributed by atoms with Crippen molar-refractivity contribution in [2.45, 2.75) is 38.7 Å². The van der Waals surface area contributed by atoms with Gasteiger partial charge in [-0.3, -0.25) is 9.47 Å². The second kappa shape index (κ2) is 5.21. The maximum absolute atomic E-state index is 10.7. The van der Waals surface area contributed by atoms with E-state index in [-0.39, 0.29) is 18.0 Å². The first kappa shape index (κ1) is 14.5. The summed E-state index contributed by atoms with van der Waals surface area (Å²) < 4.78 is 7.52. The van der Waals surface area contributed by atoms with Crippen molar-refractivity contribution in [2.24, 2.45) is 0 Å². The van der Waals surface area contributed by atoms with Crippen LogP contribution in [0.4, 0.5) is 5.82 Å². The molecule has 7 nitrogen and oxygen atoms in total. The molecule has 0 saturated carbocycles. The number of nitrogens with zero attached hydrogens (tertiary/aromatic N) is 4. The molecular formula is C15H15ClN4O3. The standard InChI is InChI=1S/C15H15ClN4O3/c1-9(18-5-10-2-3-12(16)4-11(10)6-18)13-7-19-8-14(20(21)22)17-15(19)23-13/h2-4,8-9,13H,5-7H2,1H3/t9?,13-/m1/s1. The van der Waals surface area contributed by atoms with Crippen LogP contribution in [-0.2, 0) is 19.6 Å². The molecule has 0 amide bonds. The highest BCUT2D eigenvalue weighted by Gasteiger charge is 2.37. The molecule has 2 aliphatic heterocycles. The molecule has 0 aliphatic carbocycles. The molecular weight excluding hydrogens is 320 g/mol. The fourth-order valence-corrected chi connectivity index (χ4v) is 3.42. The number of hydrogen-bond acceptors (Lipinski definition) is 5. The molecule has 2 atom stereocenters. The normalized spacial score (nSPS) is 20.9. The minimum Gasteiger partial charge on any atom is -0.439 e. The Morgan fingerprint density at radius 2 is 2.22 bits per heavy atom. The summed E-state index contributed by atoms with van der Waals surface area (Å²) in [5.41, 5.74) is 2.53. The zero-order valence-electron chi connectivity index (χ0n) is 12.5. The van der Waals surface area contributed by atoms with E-state index < -0.39 is 4.92 Å². The predicted octanol–water partition coefficient (Wildman–Crippen LogP) is 2.61. The number of hydrogen-bond donors (Lipinski definition) is 0. The van der Waals surface area contributed by atoms with Crippen molar-refractivity contribution in [1.29, 1.82) is 0 Å². The highest BCUT2D eigenvalue weighted by atomic mass is 35.5. The van der Waals surface area contributed by atoms with Gasteiger partial charge in [0, 0.05) is 29.1 Å². The van der Waals surface area contributed by atoms with E-state index in [1.807, 2.05) is 12.1 Å². The SMILES string of the molecule is CC([C@H]1Cn2cc([N+](=O)[O-])nc2O1)N1Cc2ccc(Cl)cc2C1. The third-order valence-electron chi connectivity index (χ3n) is 4.58. The van der Waals surface area contributed by atoms with Crippen molar-refractivity contribution in [2.75, 3.05) is 0 Å². The Morgan fingerprint density at radius 1 is 1.43 bits per heavy atom. The van der Waals surface area contributed by atoms with E-state index in [0.29, 0.717) is 12.6 Å². The summed E-state index contributed by atoms with van der Waals surface area (Å²) in [7, 11) is 0. The van der Waals surface area contributed by atoms with Crippen molar-refractivity contribution in [1.82, 2.24) is 14.5 Å². The highest BCUT2D eigenvalue weighted by Crippen LogP contribution is 2.32. The van der Waals surface area contributed by atoms with Gasteiger partial charge < -0.3 is 14.9 Å². The molecule has 1 aromatic heterocycles. The number of fused-ring (bicyclic) bond motifs is 2. The smallest absolute Gasteiger partial charge is 0.414 e. The molecule has 120 valence electrons. The zero-order chi connectivity index (χ0) is 16.1. The number of benzene rings is 1. The topological polar surface area (TPSA) is 73.4 Å². The quantitative estimate of drug-likeness (QED) is 0.637. The lowest BCUT2D eigenvalue weighted by atomic mass is 10.1. The number of ether oxygens (including phenoxy) is 1. The van der Waals surface area contributed by atoms with Gasteiger partial charge in [-0.2, -0.15) is 0 Å². The van der Waals surface area contributed by atoms with Crippen LogP contribution >= 0.6 is 11.6 Å². The summed E-state index contributed by atoms with van der Waals surface area (Å²) in [5.74, 6) is -0.172. The largest absolute Gasteiger partial charge is 0.439 e. The molecule has 4 rings (SSSR count). The van der Waals surface area contributed by atoms with Crippen LogP contribution < -0.4 is 4.74 Å². The van der Waals surface area contributed by atoms with Crippen LogP contribution in [0.15, 0.2) is 24.4 Å². The molecule has 1 unspecified atom stereocenters. The minimum absolute atomic E-state index is 0.0666. The van der Waals surface area contributed by atoms with Crippen LogP contribution in [0.2, 0.25) is 5.02 Å². The third-order valence-corrected chi connectivity index (χ3v) is 4.81. The molecule has 0 spiro atoms. The fraction of sp³-hybridized carbons (Fsp3) is 0.400. The average molecular weight is 335 g/mol. The van der Waals surface area contributed by atoms with Crippen LogP contribution in [0.25, 0.3) is 0 Å². The van der Waals surface area contributed by atoms with Gasteiger partial charge in [0.15, 0.2) is 0 Å². The minimum atomic E-state index is -0.506. The number of imidazole rings is 1. The van der Waals surface area contributed by atoms with Gasteiger partial charge in [0.05, 0.1) is 6.54 Å². The molecule has 2 aliphatic rings. The lowest BCUT2D eigenvalue weighted by molar-refractivity contribution is -0.389. The summed E-state index contributed by atoms with van der Waals surface area (Å²) in [5, 5.41) is 11.5. The lowest BCUT2D eigenvalue weighted by Gasteiger charge is -2.27. The van der Waals surface area contributed by atoms with Crippen molar-refractivity contribution >= 4 is 17.4 Å². The van der Waals surface area contributed by atoms with Crippen LogP contribution in [0.1, 0.15) is 18.1 Å². The van der Waals surface area contributed by atoms with E-state index in [9.17, 15) is 10.1 Å². The number of halogens is 1. The molecule has 0 bridgehead atoms. The Morgan fingerprint density at radius 3 is 2.96 bits per heavy atom. The monoisotopic (exact) mass is 334 g/mol. The first-order chi connectivity index (χ1) is 11.0. The predicted molar refractivity (Wildman–Crippen MR) is 83.5 cm³/mol. The summed E-state index contributed by atoms with van der Waals surface area (Å²) in [6.07, 6.45) is 1.36. The Bertz CT molecular complexity index is 768. The molecule has 8 heteroatoms. The second-order valence-corrected chi connectivity index (χ2v) is 6.44. The number of rotatable bonds is 3. The van der Waals surface area contributed by atoms with Gasteiger partial charge in [-0.1, -0.05) is 17.7 Å². The zero-order valence-corrected chi connectivity index (χ0v) is 13.2. The maximum Gasteiger partial charge on any atom is 0.414 e. The summed E-state index contributed by atoms with van der Waals surface area (Å²) in [4.78, 5) is 16.5. The van der Waals surface area contributed by atoms with Crippen molar-refractivity contribution < 1.29 is 9.66 Å². The van der Waals surface area contributed by atoms with Crippen LogP contribution in [0.5, 0.6) is 6.01 Å². The van der Waals surface area contributed by atoms with E-state index in [1.165, 1.54) is 17.3 Å². The molecule has 23 heavy (non-hydrogen) atoms. The van der Waals surface area contributed by atoms with E-state index in [4.69, 9.17) is 16.3 Å². The van der Waals surface area contributed by atoms with E-state index >= 15 is 0 Å². The van der Waals surface area contributed by atoms with Gasteiger partial charge in [-0.25, -0.2) is 0 Å². The van der Waals surface area contributed by atoms with Gasteiger partial charge in [0.25, 0.3) is 0 Å². The summed E-state index contributed by atoms with van der Waals surface area (Å²) >= 11 is 6.05. The second-order valence-electron chi connectivity index (χ2n) is 6.01. The van der Waals surface area contributed by atoms with Gasteiger partial charge >= 0.3 is 11.8 Å². The van der Waals surface area contributed by atoms with Crippen LogP contribution in [0, 0.1) is 10.1 Å². The Kier molecular flexibility index (Phi) is 3.28. The summed E-state index contributed by atoms with van der Waals surface area (Å²) in [6, 6.07) is 6.48. The van der Waals surface area contributed by atoms with Crippen molar-refractivity contribution in [3.8, 4) is 6.01 Å². The van der Waals surface area contributed by atoms with E-state index in [2.05, 4.69) is 22.9 Å². The molecule has 0 saturated heterocycles. The van der Waals surface area contributed by atoms with Gasteiger partial charge in [-0.05, 0) is 35.1 Å². The maximum atomic E-state index is 10.7. The molecule has 2 aromatic rings. The molecule has 1 aromatic carbocycles. The molecule has 3 heterocycles. The Labute approximate surface area is 137 Å². The lowest BCUT2D eigenvalue weighted by Crippen LogP contribution is -2.41. The number of aromatic nitrogens is 2. The first-order valence-corrected chi connectivity index (χ1v) is 7.78. The summed E-state index contributed by atoms with van der Waals surface area (Å²) in [6.45, 7) is 4.37. The van der Waals surface area contributed by atoms with Crippen LogP contribution in [0.3, 0.4) is 0 Å². The van der Waals surface area contributed by atoms with E-state index in [1.54, 1.807) is 4.57 Å². The average Bonchev–Trinajstić information content (AvgIpc) is 3.17. The van der Waals surface area contributed by atoms with Gasteiger partial charge in [-0.15, -0.1) is 0 Å². The molecule has 0 fully saturated rings. The van der Waals surface area contributed by atoms with Gasteiger partial charge in [0.1, 0.15) is 12.3 Å². The van der Waals surface area contributed by atoms with E-state index in [0.717, 1.165) is 18.1 Å². The molecule has 0 radical (unpaired) electrons. The Hall–Kier alpha value is -2.12. The Balaban J connectivity index is 1.46. The van der Waals surface area contributed by atoms with Crippen molar-refractivity contribution in [3.63, 3.8) is 0 Å². The first-order valence-electron chi connectivity index (χ1n) is 7.41. The van der Waals surface area contributed by atoms with Crippen molar-refractivity contribution in [3.05, 3.63) is 50.7 Å². The number of nitro groups is 1. The molecule has 0 N–H and O–H groups in total. The van der Waals surface area contributed by atoms with Gasteiger partial charge in [0.2, 0.25) is 0 Å². The highest BCUT2D eigenvalue weighted by molar-refractivity contribution is 6.30. The fourth-order valence-electron chi connectivity index (χ4n) is 3.23.